The molecule has 1 N–H and O–H groups in total. The molecule has 2 aromatic rings. The summed E-state index contributed by atoms with van der Waals surface area (Å²) in [5, 5.41) is 7.93. The van der Waals surface area contributed by atoms with Crippen molar-refractivity contribution in [3.8, 4) is 0 Å². The molecular weight excluding hydrogens is 272 g/mol. The lowest BCUT2D eigenvalue weighted by Gasteiger charge is -2.36. The highest BCUT2D eigenvalue weighted by Crippen LogP contribution is 2.24. The van der Waals surface area contributed by atoms with E-state index in [1.54, 1.807) is 0 Å². The van der Waals surface area contributed by atoms with E-state index in [0.29, 0.717) is 6.04 Å². The Morgan fingerprint density at radius 1 is 1.18 bits per heavy atom. The molecule has 1 aromatic carbocycles. The highest BCUT2D eigenvalue weighted by atomic mass is 15.3. The van der Waals surface area contributed by atoms with Crippen LogP contribution in [-0.4, -0.2) is 34.3 Å². The van der Waals surface area contributed by atoms with Gasteiger partial charge in [0.05, 0.1) is 5.69 Å². The van der Waals surface area contributed by atoms with Crippen molar-refractivity contribution in [3.63, 3.8) is 0 Å². The fourth-order valence-corrected chi connectivity index (χ4v) is 3.23. The average Bonchev–Trinajstić information content (AvgIpc) is 3.03. The van der Waals surface area contributed by atoms with Crippen LogP contribution in [0.4, 0.5) is 0 Å². The lowest BCUT2D eigenvalue weighted by atomic mass is 10.0. The van der Waals surface area contributed by atoms with Gasteiger partial charge in [0.25, 0.3) is 0 Å². The van der Waals surface area contributed by atoms with Crippen LogP contribution in [0.1, 0.15) is 36.7 Å². The first-order valence-corrected chi connectivity index (χ1v) is 8.36. The number of piperazine rings is 1. The Hall–Kier alpha value is -1.65. The Bertz CT molecular complexity index is 587. The fraction of sp³-hybridized carbons (Fsp3) is 0.500. The Labute approximate surface area is 133 Å². The van der Waals surface area contributed by atoms with Crippen molar-refractivity contribution in [2.24, 2.45) is 0 Å². The van der Waals surface area contributed by atoms with Gasteiger partial charge < -0.3 is 5.32 Å². The minimum absolute atomic E-state index is 0.444. The summed E-state index contributed by atoms with van der Waals surface area (Å²) in [4.78, 5) is 2.57. The standard InChI is InChI=1S/C18H26N4/c1-3-15-5-7-16(8-6-15)18-13-19-11-12-21(18)14-17-9-10-20-22(17)4-2/h5-10,18-19H,3-4,11-14H2,1-2H3. The Morgan fingerprint density at radius 2 is 2.00 bits per heavy atom. The number of aromatic nitrogens is 2. The predicted molar refractivity (Wildman–Crippen MR) is 89.7 cm³/mol. The quantitative estimate of drug-likeness (QED) is 0.921. The largest absolute Gasteiger partial charge is 0.314 e. The van der Waals surface area contributed by atoms with Crippen LogP contribution < -0.4 is 5.32 Å². The van der Waals surface area contributed by atoms with E-state index >= 15 is 0 Å². The second-order valence-electron chi connectivity index (χ2n) is 5.92. The number of nitrogens with zero attached hydrogens (tertiary/aromatic N) is 3. The molecule has 2 heterocycles. The average molecular weight is 298 g/mol. The maximum atomic E-state index is 4.40. The van der Waals surface area contributed by atoms with Gasteiger partial charge in [-0.25, -0.2) is 0 Å². The number of hydrogen-bond donors (Lipinski definition) is 1. The van der Waals surface area contributed by atoms with Crippen LogP contribution in [-0.2, 0) is 19.5 Å². The number of aryl methyl sites for hydroxylation is 2. The van der Waals surface area contributed by atoms with Crippen LogP contribution in [0.5, 0.6) is 0 Å². The molecule has 1 aliphatic heterocycles. The fourth-order valence-electron chi connectivity index (χ4n) is 3.23. The molecule has 1 saturated heterocycles. The summed E-state index contributed by atoms with van der Waals surface area (Å²) in [6, 6.07) is 11.7. The lowest BCUT2D eigenvalue weighted by Crippen LogP contribution is -2.45. The highest BCUT2D eigenvalue weighted by molar-refractivity contribution is 5.26. The van der Waals surface area contributed by atoms with Crippen molar-refractivity contribution in [3.05, 3.63) is 53.3 Å². The maximum absolute atomic E-state index is 4.40. The molecule has 22 heavy (non-hydrogen) atoms. The first kappa shape index (κ1) is 15.3. The van der Waals surface area contributed by atoms with E-state index in [9.17, 15) is 0 Å². The topological polar surface area (TPSA) is 33.1 Å². The first-order valence-electron chi connectivity index (χ1n) is 8.36. The minimum atomic E-state index is 0.444. The molecule has 0 saturated carbocycles. The van der Waals surface area contributed by atoms with Crippen LogP contribution in [0.3, 0.4) is 0 Å². The summed E-state index contributed by atoms with van der Waals surface area (Å²) >= 11 is 0. The third-order valence-corrected chi connectivity index (χ3v) is 4.60. The van der Waals surface area contributed by atoms with Gasteiger partial charge >= 0.3 is 0 Å². The molecule has 0 radical (unpaired) electrons. The smallest absolute Gasteiger partial charge is 0.0524 e. The number of nitrogens with one attached hydrogen (secondary N) is 1. The van der Waals surface area contributed by atoms with E-state index in [2.05, 4.69) is 64.2 Å². The van der Waals surface area contributed by atoms with Crippen LogP contribution in [0, 0.1) is 0 Å². The molecule has 4 heteroatoms. The Morgan fingerprint density at radius 3 is 2.73 bits per heavy atom. The lowest BCUT2D eigenvalue weighted by molar-refractivity contribution is 0.149. The van der Waals surface area contributed by atoms with Crippen LogP contribution in [0.25, 0.3) is 0 Å². The van der Waals surface area contributed by atoms with Gasteiger partial charge in [-0.05, 0) is 30.5 Å². The zero-order valence-electron chi connectivity index (χ0n) is 13.6. The van der Waals surface area contributed by atoms with Crippen molar-refractivity contribution < 1.29 is 0 Å². The molecular formula is C18H26N4. The monoisotopic (exact) mass is 298 g/mol. The van der Waals surface area contributed by atoms with E-state index in [1.807, 2.05) is 6.20 Å². The summed E-state index contributed by atoms with van der Waals surface area (Å²) in [7, 11) is 0. The van der Waals surface area contributed by atoms with Gasteiger partial charge in [0.1, 0.15) is 0 Å². The van der Waals surface area contributed by atoms with Gasteiger partial charge in [-0.3, -0.25) is 9.58 Å². The van der Waals surface area contributed by atoms with E-state index in [0.717, 1.165) is 39.1 Å². The second kappa shape index (κ2) is 7.07. The van der Waals surface area contributed by atoms with Crippen molar-refractivity contribution >= 4 is 0 Å². The Balaban J connectivity index is 1.78. The molecule has 1 aromatic heterocycles. The molecule has 4 nitrogen and oxygen atoms in total. The summed E-state index contributed by atoms with van der Waals surface area (Å²) < 4.78 is 2.10. The second-order valence-corrected chi connectivity index (χ2v) is 5.92. The zero-order chi connectivity index (χ0) is 15.4. The van der Waals surface area contributed by atoms with Crippen molar-refractivity contribution in [1.82, 2.24) is 20.0 Å². The van der Waals surface area contributed by atoms with Gasteiger partial charge in [0, 0.05) is 45.0 Å². The summed E-state index contributed by atoms with van der Waals surface area (Å²) in [5.74, 6) is 0. The number of rotatable bonds is 5. The van der Waals surface area contributed by atoms with Crippen molar-refractivity contribution in [2.75, 3.05) is 19.6 Å². The molecule has 118 valence electrons. The molecule has 0 bridgehead atoms. The van der Waals surface area contributed by atoms with Gasteiger partial charge in [-0.2, -0.15) is 5.10 Å². The van der Waals surface area contributed by atoms with Crippen LogP contribution >= 0.6 is 0 Å². The molecule has 3 rings (SSSR count). The zero-order valence-corrected chi connectivity index (χ0v) is 13.6. The van der Waals surface area contributed by atoms with Gasteiger partial charge in [0.2, 0.25) is 0 Å². The van der Waals surface area contributed by atoms with Gasteiger partial charge in [-0.15, -0.1) is 0 Å². The Kier molecular flexibility index (Phi) is 4.90. The SMILES string of the molecule is CCc1ccc(C2CNCCN2Cc2ccnn2CC)cc1. The van der Waals surface area contributed by atoms with Crippen molar-refractivity contribution in [1.29, 1.82) is 0 Å². The molecule has 1 atom stereocenters. The molecule has 1 unspecified atom stereocenters. The summed E-state index contributed by atoms with van der Waals surface area (Å²) in [6.07, 6.45) is 3.01. The van der Waals surface area contributed by atoms with Gasteiger partial charge in [0.15, 0.2) is 0 Å². The first-order chi connectivity index (χ1) is 10.8. The molecule has 0 aliphatic carbocycles. The molecule has 1 aliphatic rings. The van der Waals surface area contributed by atoms with Crippen LogP contribution in [0.15, 0.2) is 36.5 Å². The normalized spacial score (nSPS) is 19.5. The molecule has 1 fully saturated rings. The van der Waals surface area contributed by atoms with E-state index < -0.39 is 0 Å². The number of hydrogen-bond acceptors (Lipinski definition) is 3. The van der Waals surface area contributed by atoms with Crippen LogP contribution in [0.2, 0.25) is 0 Å². The minimum Gasteiger partial charge on any atom is -0.314 e. The third kappa shape index (κ3) is 3.23. The predicted octanol–water partition coefficient (Wildman–Crippen LogP) is 2.61. The molecule has 0 spiro atoms. The number of benzene rings is 1. The summed E-state index contributed by atoms with van der Waals surface area (Å²) in [5.41, 5.74) is 4.12. The summed E-state index contributed by atoms with van der Waals surface area (Å²) in [6.45, 7) is 9.41. The van der Waals surface area contributed by atoms with Gasteiger partial charge in [-0.1, -0.05) is 31.2 Å². The molecule has 0 amide bonds. The van der Waals surface area contributed by atoms with E-state index in [1.165, 1.54) is 16.8 Å². The van der Waals surface area contributed by atoms with Crippen molar-refractivity contribution in [2.45, 2.75) is 39.4 Å². The maximum Gasteiger partial charge on any atom is 0.0524 e. The third-order valence-electron chi connectivity index (χ3n) is 4.60. The van der Waals surface area contributed by atoms with E-state index in [4.69, 9.17) is 0 Å². The van der Waals surface area contributed by atoms with E-state index in [-0.39, 0.29) is 0 Å². The highest BCUT2D eigenvalue weighted by Gasteiger charge is 2.24.